The molecule has 39 heavy (non-hydrogen) atoms. The van der Waals surface area contributed by atoms with Gasteiger partial charge in [0.2, 0.25) is 5.91 Å². The normalized spacial score (nSPS) is 19.2. The number of hydrogen-bond acceptors (Lipinski definition) is 5. The van der Waals surface area contributed by atoms with E-state index in [1.54, 1.807) is 29.9 Å². The molecule has 2 N–H and O–H groups in total. The first kappa shape index (κ1) is 24.9. The van der Waals surface area contributed by atoms with Crippen molar-refractivity contribution in [1.29, 1.82) is 0 Å². The van der Waals surface area contributed by atoms with E-state index in [4.69, 9.17) is 10.7 Å². The van der Waals surface area contributed by atoms with Gasteiger partial charge < -0.3 is 10.6 Å². The zero-order valence-corrected chi connectivity index (χ0v) is 22.4. The van der Waals surface area contributed by atoms with Crippen molar-refractivity contribution in [3.8, 4) is 5.69 Å². The van der Waals surface area contributed by atoms with E-state index < -0.39 is 5.91 Å². The molecule has 1 saturated heterocycles. The Morgan fingerprint density at radius 3 is 2.46 bits per heavy atom. The average molecular weight is 540 g/mol. The Hall–Kier alpha value is -4.37. The fourth-order valence-corrected chi connectivity index (χ4v) is 6.69. The molecule has 0 saturated carbocycles. The summed E-state index contributed by atoms with van der Waals surface area (Å²) in [4.78, 5) is 32.9. The third-order valence-corrected chi connectivity index (χ3v) is 8.66. The van der Waals surface area contributed by atoms with Gasteiger partial charge in [0.05, 0.1) is 34.1 Å². The molecule has 0 aliphatic carbocycles. The summed E-state index contributed by atoms with van der Waals surface area (Å²) in [7, 11) is 0. The van der Waals surface area contributed by atoms with E-state index in [1.165, 1.54) is 23.5 Å². The van der Waals surface area contributed by atoms with Crippen LogP contribution in [0.15, 0.2) is 72.9 Å². The molecule has 3 aromatic carbocycles. The summed E-state index contributed by atoms with van der Waals surface area (Å²) in [6, 6.07) is 19.8. The van der Waals surface area contributed by atoms with Crippen LogP contribution in [0.5, 0.6) is 0 Å². The summed E-state index contributed by atoms with van der Waals surface area (Å²) in [6.45, 7) is 5.72. The molecule has 3 unspecified atom stereocenters. The van der Waals surface area contributed by atoms with Crippen LogP contribution < -0.4 is 10.6 Å². The molecule has 7 nitrogen and oxygen atoms in total. The lowest BCUT2D eigenvalue weighted by molar-refractivity contribution is -0.120. The van der Waals surface area contributed by atoms with Crippen molar-refractivity contribution in [3.63, 3.8) is 0 Å². The highest BCUT2D eigenvalue weighted by Crippen LogP contribution is 2.51. The van der Waals surface area contributed by atoms with Crippen LogP contribution in [-0.2, 0) is 4.79 Å². The number of aromatic nitrogens is 3. The zero-order valence-electron chi connectivity index (χ0n) is 21.6. The smallest absolute Gasteiger partial charge is 0.260 e. The quantitative estimate of drug-likeness (QED) is 0.303. The maximum Gasteiger partial charge on any atom is 0.260 e. The Morgan fingerprint density at radius 1 is 1.03 bits per heavy atom. The maximum atomic E-state index is 13.9. The second kappa shape index (κ2) is 9.43. The van der Waals surface area contributed by atoms with Crippen molar-refractivity contribution in [3.05, 3.63) is 105 Å². The molecular formula is C30H26FN5O2S. The van der Waals surface area contributed by atoms with Gasteiger partial charge in [-0.25, -0.2) is 14.1 Å². The number of nitrogens with zero attached hydrogens (tertiary/aromatic N) is 4. The van der Waals surface area contributed by atoms with Gasteiger partial charge in [-0.05, 0) is 61.9 Å². The van der Waals surface area contributed by atoms with Gasteiger partial charge in [-0.1, -0.05) is 36.8 Å². The number of amides is 2. The first-order chi connectivity index (χ1) is 18.7. The van der Waals surface area contributed by atoms with E-state index in [0.717, 1.165) is 38.4 Å². The predicted octanol–water partition coefficient (Wildman–Crippen LogP) is 5.84. The third kappa shape index (κ3) is 4.19. The molecule has 3 atom stereocenters. The van der Waals surface area contributed by atoms with Gasteiger partial charge in [0, 0.05) is 22.9 Å². The van der Waals surface area contributed by atoms with Crippen molar-refractivity contribution in [2.75, 3.05) is 4.90 Å². The number of hydrogen-bond donors (Lipinski definition) is 1. The van der Waals surface area contributed by atoms with E-state index in [-0.39, 0.29) is 29.6 Å². The molecule has 0 bridgehead atoms. The van der Waals surface area contributed by atoms with Crippen molar-refractivity contribution >= 4 is 39.7 Å². The van der Waals surface area contributed by atoms with E-state index in [2.05, 4.69) is 11.2 Å². The number of carbonyl (C=O) groups is 2. The lowest BCUT2D eigenvalue weighted by Gasteiger charge is -2.28. The number of halogens is 1. The highest BCUT2D eigenvalue weighted by molar-refractivity contribution is 7.13. The Bertz CT molecular complexity index is 1740. The number of primary amides is 1. The molecule has 3 heterocycles. The Kier molecular flexibility index (Phi) is 6.03. The molecule has 5 aromatic rings. The minimum Gasteiger partial charge on any atom is -0.365 e. The molecule has 0 spiro atoms. The minimum absolute atomic E-state index is 0.0229. The number of carbonyl (C=O) groups excluding carboxylic acids is 2. The zero-order chi connectivity index (χ0) is 27.4. The number of nitrogens with two attached hydrogens (primary N) is 1. The Labute approximate surface area is 228 Å². The van der Waals surface area contributed by atoms with Crippen molar-refractivity contribution in [2.24, 2.45) is 11.7 Å². The summed E-state index contributed by atoms with van der Waals surface area (Å²) in [5.74, 6) is -1.49. The SMILES string of the molecule is Cc1cccc(C2C(c3nc(C)c(C(N)=O)s3)C(C)C(=O)N2c2ccc3c(cnn3-c3ccc(F)cc3)c2)c1. The van der Waals surface area contributed by atoms with Gasteiger partial charge >= 0.3 is 0 Å². The molecule has 9 heteroatoms. The molecule has 1 aliphatic rings. The second-order valence-corrected chi connectivity index (χ2v) is 11.0. The van der Waals surface area contributed by atoms with Crippen molar-refractivity contribution in [2.45, 2.75) is 32.7 Å². The highest BCUT2D eigenvalue weighted by Gasteiger charge is 2.49. The average Bonchev–Trinajstić information content (AvgIpc) is 3.58. The summed E-state index contributed by atoms with van der Waals surface area (Å²) < 4.78 is 15.2. The molecule has 2 aromatic heterocycles. The number of anilines is 1. The van der Waals surface area contributed by atoms with Gasteiger partial charge in [-0.3, -0.25) is 9.59 Å². The fraction of sp³-hybridized carbons (Fsp3) is 0.200. The first-order valence-corrected chi connectivity index (χ1v) is 13.4. The molecular weight excluding hydrogens is 513 g/mol. The summed E-state index contributed by atoms with van der Waals surface area (Å²) in [6.07, 6.45) is 1.74. The largest absolute Gasteiger partial charge is 0.365 e. The minimum atomic E-state index is -0.513. The molecule has 2 amide bonds. The van der Waals surface area contributed by atoms with Gasteiger partial charge in [0.25, 0.3) is 5.91 Å². The number of aryl methyl sites for hydroxylation is 2. The van der Waals surface area contributed by atoms with Crippen LogP contribution in [0, 0.1) is 25.6 Å². The van der Waals surface area contributed by atoms with Crippen LogP contribution in [0.1, 0.15) is 50.4 Å². The van der Waals surface area contributed by atoms with Crippen LogP contribution in [0.2, 0.25) is 0 Å². The van der Waals surface area contributed by atoms with Crippen LogP contribution in [0.4, 0.5) is 10.1 Å². The van der Waals surface area contributed by atoms with Crippen molar-refractivity contribution in [1.82, 2.24) is 14.8 Å². The monoisotopic (exact) mass is 539 g/mol. The van der Waals surface area contributed by atoms with Crippen LogP contribution in [0.3, 0.4) is 0 Å². The van der Waals surface area contributed by atoms with Gasteiger partial charge in [-0.15, -0.1) is 11.3 Å². The van der Waals surface area contributed by atoms with E-state index >= 15 is 0 Å². The standard InChI is InChI=1S/C30H26FN5O2S/c1-16-5-4-6-19(13-16)26-25(29-34-18(3)27(39-29)28(32)37)17(2)30(38)35(26)23-11-12-24-20(14-23)15-33-36(24)22-9-7-21(31)8-10-22/h4-15,17,25-26H,1-3H3,(H2,32,37). The summed E-state index contributed by atoms with van der Waals surface area (Å²) in [5.41, 5.74) is 10.6. The van der Waals surface area contributed by atoms with Crippen LogP contribution in [0.25, 0.3) is 16.6 Å². The number of thiazole rings is 1. The molecule has 6 rings (SSSR count). The van der Waals surface area contributed by atoms with E-state index in [0.29, 0.717) is 10.6 Å². The second-order valence-electron chi connectivity index (χ2n) is 9.99. The predicted molar refractivity (Wildman–Crippen MR) is 150 cm³/mol. The molecule has 1 aliphatic heterocycles. The summed E-state index contributed by atoms with van der Waals surface area (Å²) in [5, 5.41) is 6.09. The number of benzene rings is 3. The van der Waals surface area contributed by atoms with Crippen LogP contribution in [-0.4, -0.2) is 26.6 Å². The summed E-state index contributed by atoms with van der Waals surface area (Å²) >= 11 is 1.27. The third-order valence-electron chi connectivity index (χ3n) is 7.39. The number of fused-ring (bicyclic) bond motifs is 1. The number of rotatable bonds is 5. The first-order valence-electron chi connectivity index (χ1n) is 12.6. The van der Waals surface area contributed by atoms with Gasteiger partial charge in [0.1, 0.15) is 10.7 Å². The van der Waals surface area contributed by atoms with Gasteiger partial charge in [0.15, 0.2) is 0 Å². The highest BCUT2D eigenvalue weighted by atomic mass is 32.1. The molecule has 196 valence electrons. The van der Waals surface area contributed by atoms with Gasteiger partial charge in [-0.2, -0.15) is 5.10 Å². The maximum absolute atomic E-state index is 13.9. The lowest BCUT2D eigenvalue weighted by atomic mass is 9.87. The van der Waals surface area contributed by atoms with E-state index in [1.807, 2.05) is 55.1 Å². The topological polar surface area (TPSA) is 94.1 Å². The van der Waals surface area contributed by atoms with E-state index in [9.17, 15) is 14.0 Å². The van der Waals surface area contributed by atoms with Crippen molar-refractivity contribution < 1.29 is 14.0 Å². The Balaban J connectivity index is 1.48. The molecule has 0 radical (unpaired) electrons. The fourth-order valence-electron chi connectivity index (χ4n) is 5.54. The molecule has 1 fully saturated rings. The Morgan fingerprint density at radius 2 is 1.77 bits per heavy atom. The van der Waals surface area contributed by atoms with Crippen LogP contribution >= 0.6 is 11.3 Å². The lowest BCUT2D eigenvalue weighted by Crippen LogP contribution is -2.29.